The Morgan fingerprint density at radius 2 is 1.55 bits per heavy atom. The first-order valence-electron chi connectivity index (χ1n) is 19.7. The number of ketones is 1. The van der Waals surface area contributed by atoms with Crippen molar-refractivity contribution in [2.45, 2.75) is 129 Å². The van der Waals surface area contributed by atoms with Crippen LogP contribution in [0.3, 0.4) is 0 Å². The first-order chi connectivity index (χ1) is 27.0. The third-order valence-electron chi connectivity index (χ3n) is 12.9. The maximum atomic E-state index is 15.0. The normalized spacial score (nSPS) is 33.7. The first-order valence-corrected chi connectivity index (χ1v) is 19.7. The highest BCUT2D eigenvalue weighted by Gasteiger charge is 2.78. The van der Waals surface area contributed by atoms with Gasteiger partial charge in [-0.2, -0.15) is 0 Å². The largest absolute Gasteiger partial charge is 0.457 e. The van der Waals surface area contributed by atoms with Crippen molar-refractivity contribution in [3.63, 3.8) is 0 Å². The van der Waals surface area contributed by atoms with E-state index >= 15 is 0 Å². The van der Waals surface area contributed by atoms with E-state index in [-0.39, 0.29) is 29.7 Å². The van der Waals surface area contributed by atoms with Crippen molar-refractivity contribution in [1.82, 2.24) is 5.32 Å². The molecule has 3 aliphatic carbocycles. The van der Waals surface area contributed by atoms with E-state index in [0.29, 0.717) is 5.56 Å². The van der Waals surface area contributed by atoms with Crippen LogP contribution in [0.5, 0.6) is 0 Å². The molecule has 1 unspecified atom stereocenters. The molecular weight excluding hydrogens is 750 g/mol. The maximum Gasteiger partial charge on any atom is 0.408 e. The zero-order chi connectivity index (χ0) is 42.7. The van der Waals surface area contributed by atoms with E-state index in [0.717, 1.165) is 0 Å². The van der Waals surface area contributed by atoms with Gasteiger partial charge in [0.05, 0.1) is 41.6 Å². The fourth-order valence-electron chi connectivity index (χ4n) is 9.75. The molecular formula is C44H55NO13. The number of hydrogen-bond acceptors (Lipinski definition) is 13. The number of Topliss-reactive ketones (excluding diaryl/α,β-unsaturated/α-hetero) is 1. The quantitative estimate of drug-likeness (QED) is 0.165. The Balaban J connectivity index is 1.49. The molecule has 1 heterocycles. The molecule has 6 rings (SSSR count). The Kier molecular flexibility index (Phi) is 11.3. The topological polar surface area (TPSA) is 204 Å². The molecule has 14 nitrogen and oxygen atoms in total. The van der Waals surface area contributed by atoms with Crippen molar-refractivity contribution in [2.75, 3.05) is 6.61 Å². The molecule has 2 bridgehead atoms. The third kappa shape index (κ3) is 7.11. The lowest BCUT2D eigenvalue weighted by Crippen LogP contribution is -2.81. The Bertz CT molecular complexity index is 1970. The minimum atomic E-state index is -2.27. The highest BCUT2D eigenvalue weighted by atomic mass is 16.6. The van der Waals surface area contributed by atoms with Crippen molar-refractivity contribution in [3.05, 3.63) is 82.9 Å². The predicted octanol–water partition coefficient (Wildman–Crippen LogP) is 4.53. The van der Waals surface area contributed by atoms with Gasteiger partial charge in [-0.05, 0) is 70.4 Å². The van der Waals surface area contributed by atoms with Crippen LogP contribution in [-0.2, 0) is 38.1 Å². The summed E-state index contributed by atoms with van der Waals surface area (Å²) >= 11 is 0. The van der Waals surface area contributed by atoms with E-state index in [9.17, 15) is 39.3 Å². The van der Waals surface area contributed by atoms with Crippen LogP contribution in [0.15, 0.2) is 71.8 Å². The number of nitrogens with one attached hydrogen (secondary N) is 1. The van der Waals surface area contributed by atoms with Crippen LogP contribution < -0.4 is 5.32 Å². The molecule has 14 heteroatoms. The van der Waals surface area contributed by atoms with Gasteiger partial charge in [0.15, 0.2) is 11.4 Å². The standard InChI is InChI=1S/C44H55NO13/c1-23-28(55-37(50)24(2)32(26-16-12-10-13-17-26)45-39(52)58-40(4,5)6)21-44(53)36(56-38(51)27-18-14-11-15-19-27)34-42(9,35(49)33(48)31(23)41(44,7)8)29(47)20-30-43(34,22-54-30)57-25(3)46/h10-19,24,28-30,32-34,36,47-48,53H,20-22H2,1-9H3,(H,45,52)/t24-,28+,29+,30-,32?,33-,34+,36+,42-,43+,44-/m1/s1. The maximum absolute atomic E-state index is 15.0. The van der Waals surface area contributed by atoms with Gasteiger partial charge >= 0.3 is 24.0 Å². The number of ether oxygens (including phenoxy) is 5. The molecule has 2 aromatic rings. The zero-order valence-electron chi connectivity index (χ0n) is 34.4. The number of aliphatic hydroxyl groups is 3. The molecule has 4 aliphatic rings. The number of rotatable bonds is 8. The summed E-state index contributed by atoms with van der Waals surface area (Å²) in [4.78, 5) is 69.4. The van der Waals surface area contributed by atoms with E-state index in [1.165, 1.54) is 26.0 Å². The number of amides is 1. The monoisotopic (exact) mass is 805 g/mol. The van der Waals surface area contributed by atoms with Gasteiger partial charge in [0.2, 0.25) is 0 Å². The summed E-state index contributed by atoms with van der Waals surface area (Å²) in [5.74, 6) is -5.80. The molecule has 1 aliphatic heterocycles. The van der Waals surface area contributed by atoms with Crippen LogP contribution in [0.1, 0.15) is 97.1 Å². The summed E-state index contributed by atoms with van der Waals surface area (Å²) in [6.45, 7) is 13.8. The molecule has 314 valence electrons. The molecule has 3 fully saturated rings. The Hall–Kier alpha value is -4.63. The lowest BCUT2D eigenvalue weighted by molar-refractivity contribution is -0.346. The highest BCUT2D eigenvalue weighted by Crippen LogP contribution is 2.64. The van der Waals surface area contributed by atoms with Crippen molar-refractivity contribution in [2.24, 2.45) is 22.7 Å². The molecule has 0 radical (unpaired) electrons. The van der Waals surface area contributed by atoms with Gasteiger partial charge in [-0.25, -0.2) is 9.59 Å². The molecule has 58 heavy (non-hydrogen) atoms. The summed E-state index contributed by atoms with van der Waals surface area (Å²) in [5.41, 5.74) is -7.35. The van der Waals surface area contributed by atoms with Gasteiger partial charge < -0.3 is 44.3 Å². The molecule has 2 aromatic carbocycles. The molecule has 4 N–H and O–H groups in total. The van der Waals surface area contributed by atoms with E-state index in [1.807, 2.05) is 0 Å². The number of esters is 3. The lowest BCUT2D eigenvalue weighted by atomic mass is 9.44. The van der Waals surface area contributed by atoms with E-state index in [4.69, 9.17) is 23.7 Å². The minimum absolute atomic E-state index is 0.0179. The lowest BCUT2D eigenvalue weighted by Gasteiger charge is -2.67. The predicted molar refractivity (Wildman–Crippen MR) is 207 cm³/mol. The van der Waals surface area contributed by atoms with Crippen LogP contribution in [0.2, 0.25) is 0 Å². The molecule has 0 spiro atoms. The van der Waals surface area contributed by atoms with Crippen molar-refractivity contribution in [3.8, 4) is 0 Å². The van der Waals surface area contributed by atoms with Crippen LogP contribution in [0.4, 0.5) is 4.79 Å². The van der Waals surface area contributed by atoms with Crippen LogP contribution in [-0.4, -0.2) is 99.0 Å². The molecule has 1 saturated heterocycles. The highest BCUT2D eigenvalue weighted by molar-refractivity contribution is 5.94. The molecule has 2 saturated carbocycles. The first kappa shape index (κ1) is 43.0. The SMILES string of the molecule is CC(=O)O[C@@]12CO[C@@H]1C[C@H](O)[C@@]1(C)C(=O)[C@H](O)C3=C(C)[C@@H](OC(=O)[C@H](C)C(NC(=O)OC(C)(C)C)c4ccccc4)C[C@@](O)([C@@H](OC(=O)c4ccccc4)[C@H]21)C3(C)C. The number of carbonyl (C=O) groups is 5. The number of hydrogen-bond donors (Lipinski definition) is 4. The van der Waals surface area contributed by atoms with Crippen molar-refractivity contribution < 1.29 is 63.0 Å². The van der Waals surface area contributed by atoms with Gasteiger partial charge in [0.25, 0.3) is 0 Å². The van der Waals surface area contributed by atoms with E-state index in [1.54, 1.807) is 97.0 Å². The average molecular weight is 806 g/mol. The fourth-order valence-corrected chi connectivity index (χ4v) is 9.75. The van der Waals surface area contributed by atoms with Gasteiger partial charge in [-0.3, -0.25) is 14.4 Å². The number of aliphatic hydroxyl groups excluding tert-OH is 2. The summed E-state index contributed by atoms with van der Waals surface area (Å²) in [6, 6.07) is 15.8. The second kappa shape index (κ2) is 15.2. The summed E-state index contributed by atoms with van der Waals surface area (Å²) in [5, 5.41) is 40.4. The Morgan fingerprint density at radius 3 is 2.10 bits per heavy atom. The van der Waals surface area contributed by atoms with Gasteiger partial charge in [0, 0.05) is 25.2 Å². The van der Waals surface area contributed by atoms with Crippen LogP contribution in [0.25, 0.3) is 0 Å². The second-order valence-electron chi connectivity index (χ2n) is 17.9. The van der Waals surface area contributed by atoms with Gasteiger partial charge in [-0.1, -0.05) is 62.4 Å². The molecule has 0 aromatic heterocycles. The number of benzene rings is 2. The Labute approximate surface area is 338 Å². The van der Waals surface area contributed by atoms with E-state index < -0.39 is 112 Å². The summed E-state index contributed by atoms with van der Waals surface area (Å²) in [7, 11) is 0. The average Bonchev–Trinajstić information content (AvgIpc) is 3.14. The van der Waals surface area contributed by atoms with Crippen LogP contribution in [0, 0.1) is 22.7 Å². The smallest absolute Gasteiger partial charge is 0.408 e. The van der Waals surface area contributed by atoms with Crippen molar-refractivity contribution >= 4 is 29.8 Å². The van der Waals surface area contributed by atoms with Crippen LogP contribution >= 0.6 is 0 Å². The third-order valence-corrected chi connectivity index (χ3v) is 12.9. The number of alkyl carbamates (subject to hydrolysis) is 1. The second-order valence-corrected chi connectivity index (χ2v) is 17.9. The fraction of sp³-hybridized carbons (Fsp3) is 0.568. The minimum Gasteiger partial charge on any atom is -0.457 e. The molecule has 11 atom stereocenters. The Morgan fingerprint density at radius 1 is 0.948 bits per heavy atom. The van der Waals surface area contributed by atoms with E-state index in [2.05, 4.69) is 5.32 Å². The van der Waals surface area contributed by atoms with Crippen molar-refractivity contribution in [1.29, 1.82) is 0 Å². The summed E-state index contributed by atoms with van der Waals surface area (Å²) in [6.07, 6.45) is -8.79. The summed E-state index contributed by atoms with van der Waals surface area (Å²) < 4.78 is 30.0. The number of fused-ring (bicyclic) bond motifs is 5. The number of carbonyl (C=O) groups excluding carboxylic acids is 5. The van der Waals surface area contributed by atoms with Gasteiger partial charge in [0.1, 0.15) is 35.6 Å². The molecule has 1 amide bonds. The zero-order valence-corrected chi connectivity index (χ0v) is 34.4. The van der Waals surface area contributed by atoms with Gasteiger partial charge in [-0.15, -0.1) is 0 Å².